The lowest BCUT2D eigenvalue weighted by Gasteiger charge is -2.30. The van der Waals surface area contributed by atoms with Crippen LogP contribution in [0.2, 0.25) is 0 Å². The lowest BCUT2D eigenvalue weighted by Crippen LogP contribution is -2.31. The molecule has 1 aliphatic carbocycles. The zero-order valence-electron chi connectivity index (χ0n) is 8.30. The fourth-order valence-electron chi connectivity index (χ4n) is 2.24. The Labute approximate surface area is 82.3 Å². The summed E-state index contributed by atoms with van der Waals surface area (Å²) >= 11 is 0. The Balaban J connectivity index is 2.59. The highest BCUT2D eigenvalue weighted by atomic mass is 19.3. The molecular formula is C10H16F2O2. The topological polar surface area (TPSA) is 37.3 Å². The van der Waals surface area contributed by atoms with Gasteiger partial charge < -0.3 is 5.11 Å². The first kappa shape index (κ1) is 11.4. The molecule has 0 bridgehead atoms. The highest BCUT2D eigenvalue weighted by molar-refractivity contribution is 5.70. The molecule has 1 aliphatic rings. The molecule has 0 saturated heterocycles. The summed E-state index contributed by atoms with van der Waals surface area (Å²) in [5, 5.41) is 8.86. The molecular weight excluding hydrogens is 190 g/mol. The van der Waals surface area contributed by atoms with E-state index in [4.69, 9.17) is 5.11 Å². The molecule has 14 heavy (non-hydrogen) atoms. The fraction of sp³-hybridized carbons (Fsp3) is 0.900. The molecule has 4 heteroatoms. The fourth-order valence-corrected chi connectivity index (χ4v) is 2.24. The average Bonchev–Trinajstić information content (AvgIpc) is 2.01. The maximum absolute atomic E-state index is 12.8. The minimum atomic E-state index is -2.74. The van der Waals surface area contributed by atoms with Gasteiger partial charge in [0.1, 0.15) is 0 Å². The standard InChI is InChI=1S/C10H16F2O2/c1-10(11,12)6-7-4-2-3-5-8(7)9(13)14/h7-8H,2-6H2,1H3,(H,13,14). The van der Waals surface area contributed by atoms with Crippen LogP contribution in [0.1, 0.15) is 39.0 Å². The number of carboxylic acid groups (broad SMARTS) is 1. The van der Waals surface area contributed by atoms with Crippen molar-refractivity contribution < 1.29 is 18.7 Å². The summed E-state index contributed by atoms with van der Waals surface area (Å²) in [6, 6.07) is 0. The first-order valence-corrected chi connectivity index (χ1v) is 5.01. The molecule has 0 aromatic heterocycles. The summed E-state index contributed by atoms with van der Waals surface area (Å²) in [7, 11) is 0. The normalized spacial score (nSPS) is 28.8. The van der Waals surface area contributed by atoms with Gasteiger partial charge in [-0.1, -0.05) is 12.8 Å². The zero-order chi connectivity index (χ0) is 10.8. The summed E-state index contributed by atoms with van der Waals surface area (Å²) < 4.78 is 25.5. The van der Waals surface area contributed by atoms with Gasteiger partial charge >= 0.3 is 5.97 Å². The van der Waals surface area contributed by atoms with E-state index in [0.717, 1.165) is 19.8 Å². The molecule has 82 valence electrons. The van der Waals surface area contributed by atoms with E-state index < -0.39 is 17.8 Å². The van der Waals surface area contributed by atoms with E-state index in [1.54, 1.807) is 0 Å². The van der Waals surface area contributed by atoms with Gasteiger partial charge in [0.05, 0.1) is 5.92 Å². The van der Waals surface area contributed by atoms with Gasteiger partial charge in [-0.2, -0.15) is 0 Å². The summed E-state index contributed by atoms with van der Waals surface area (Å²) in [5.41, 5.74) is 0. The molecule has 0 spiro atoms. The van der Waals surface area contributed by atoms with E-state index in [9.17, 15) is 13.6 Å². The van der Waals surface area contributed by atoms with Gasteiger partial charge in [0.2, 0.25) is 5.92 Å². The first-order chi connectivity index (χ1) is 6.40. The maximum atomic E-state index is 12.8. The molecule has 0 amide bonds. The summed E-state index contributed by atoms with van der Waals surface area (Å²) in [5.74, 6) is -4.56. The molecule has 0 aromatic carbocycles. The number of hydrogen-bond acceptors (Lipinski definition) is 1. The second kappa shape index (κ2) is 4.24. The minimum absolute atomic E-state index is 0.288. The molecule has 1 rings (SSSR count). The number of alkyl halides is 2. The van der Waals surface area contributed by atoms with Crippen LogP contribution in [0.15, 0.2) is 0 Å². The number of aliphatic carboxylic acids is 1. The van der Waals surface area contributed by atoms with Crippen molar-refractivity contribution in [3.63, 3.8) is 0 Å². The van der Waals surface area contributed by atoms with Crippen LogP contribution in [0.3, 0.4) is 0 Å². The Bertz CT molecular complexity index is 211. The largest absolute Gasteiger partial charge is 0.481 e. The SMILES string of the molecule is CC(F)(F)CC1CCCCC1C(=O)O. The van der Waals surface area contributed by atoms with Crippen LogP contribution in [0.25, 0.3) is 0 Å². The van der Waals surface area contributed by atoms with Gasteiger partial charge in [-0.25, -0.2) is 8.78 Å². The number of hydrogen-bond donors (Lipinski definition) is 1. The Hall–Kier alpha value is -0.670. The van der Waals surface area contributed by atoms with E-state index in [-0.39, 0.29) is 12.3 Å². The van der Waals surface area contributed by atoms with Gasteiger partial charge in [-0.3, -0.25) is 4.79 Å². The summed E-state index contributed by atoms with van der Waals surface area (Å²) in [6.45, 7) is 0.862. The van der Waals surface area contributed by atoms with E-state index in [2.05, 4.69) is 0 Å². The highest BCUT2D eigenvalue weighted by Gasteiger charge is 2.36. The van der Waals surface area contributed by atoms with E-state index in [0.29, 0.717) is 12.8 Å². The average molecular weight is 206 g/mol. The van der Waals surface area contributed by atoms with Crippen molar-refractivity contribution in [3.05, 3.63) is 0 Å². The quantitative estimate of drug-likeness (QED) is 0.770. The predicted octanol–water partition coefficient (Wildman–Crippen LogP) is 2.92. The first-order valence-electron chi connectivity index (χ1n) is 5.01. The van der Waals surface area contributed by atoms with Crippen LogP contribution in [0.5, 0.6) is 0 Å². The van der Waals surface area contributed by atoms with Gasteiger partial charge in [0.25, 0.3) is 0 Å². The lowest BCUT2D eigenvalue weighted by atomic mass is 9.76. The molecule has 0 radical (unpaired) electrons. The maximum Gasteiger partial charge on any atom is 0.306 e. The zero-order valence-corrected chi connectivity index (χ0v) is 8.30. The number of carboxylic acids is 1. The monoisotopic (exact) mass is 206 g/mol. The number of carbonyl (C=O) groups is 1. The molecule has 2 atom stereocenters. The van der Waals surface area contributed by atoms with Crippen LogP contribution < -0.4 is 0 Å². The molecule has 1 N–H and O–H groups in total. The molecule has 0 aromatic rings. The van der Waals surface area contributed by atoms with E-state index in [1.165, 1.54) is 0 Å². The van der Waals surface area contributed by atoms with Gasteiger partial charge in [-0.05, 0) is 25.7 Å². The van der Waals surface area contributed by atoms with Crippen molar-refractivity contribution in [2.75, 3.05) is 0 Å². The van der Waals surface area contributed by atoms with Crippen LogP contribution >= 0.6 is 0 Å². The lowest BCUT2D eigenvalue weighted by molar-refractivity contribution is -0.146. The van der Waals surface area contributed by atoms with Gasteiger partial charge in [0, 0.05) is 6.42 Å². The Morgan fingerprint density at radius 1 is 1.43 bits per heavy atom. The van der Waals surface area contributed by atoms with Crippen molar-refractivity contribution in [1.29, 1.82) is 0 Å². The van der Waals surface area contributed by atoms with Crippen molar-refractivity contribution in [2.45, 2.75) is 45.0 Å². The van der Waals surface area contributed by atoms with E-state index in [1.807, 2.05) is 0 Å². The van der Waals surface area contributed by atoms with Crippen molar-refractivity contribution in [1.82, 2.24) is 0 Å². The highest BCUT2D eigenvalue weighted by Crippen LogP contribution is 2.37. The molecule has 0 heterocycles. The molecule has 2 nitrogen and oxygen atoms in total. The third-order valence-electron chi connectivity index (χ3n) is 2.85. The Morgan fingerprint density at radius 2 is 2.00 bits per heavy atom. The van der Waals surface area contributed by atoms with Crippen LogP contribution in [0.4, 0.5) is 8.78 Å². The second-order valence-corrected chi connectivity index (χ2v) is 4.26. The van der Waals surface area contributed by atoms with E-state index >= 15 is 0 Å². The molecule has 2 unspecified atom stereocenters. The Morgan fingerprint density at radius 3 is 2.50 bits per heavy atom. The van der Waals surface area contributed by atoms with Crippen molar-refractivity contribution in [2.24, 2.45) is 11.8 Å². The summed E-state index contributed by atoms with van der Waals surface area (Å²) in [4.78, 5) is 10.8. The van der Waals surface area contributed by atoms with Crippen LogP contribution in [-0.2, 0) is 4.79 Å². The molecule has 0 aliphatic heterocycles. The number of rotatable bonds is 3. The molecule has 1 saturated carbocycles. The van der Waals surface area contributed by atoms with Gasteiger partial charge in [-0.15, -0.1) is 0 Å². The minimum Gasteiger partial charge on any atom is -0.481 e. The van der Waals surface area contributed by atoms with Crippen LogP contribution in [-0.4, -0.2) is 17.0 Å². The van der Waals surface area contributed by atoms with Crippen molar-refractivity contribution in [3.8, 4) is 0 Å². The third kappa shape index (κ3) is 3.24. The predicted molar refractivity (Wildman–Crippen MR) is 48.3 cm³/mol. The van der Waals surface area contributed by atoms with Crippen LogP contribution in [0, 0.1) is 11.8 Å². The number of halogens is 2. The third-order valence-corrected chi connectivity index (χ3v) is 2.85. The smallest absolute Gasteiger partial charge is 0.306 e. The summed E-state index contributed by atoms with van der Waals surface area (Å²) in [6.07, 6.45) is 2.62. The Kier molecular flexibility index (Phi) is 3.45. The second-order valence-electron chi connectivity index (χ2n) is 4.26. The van der Waals surface area contributed by atoms with Gasteiger partial charge in [0.15, 0.2) is 0 Å². The molecule has 1 fully saturated rings. The van der Waals surface area contributed by atoms with Crippen molar-refractivity contribution >= 4 is 5.97 Å².